The summed E-state index contributed by atoms with van der Waals surface area (Å²) in [5, 5.41) is 6.29. The summed E-state index contributed by atoms with van der Waals surface area (Å²) >= 11 is 0. The molecule has 0 unspecified atom stereocenters. The molecular formula is C17H27N3O. The molecule has 0 atom stereocenters. The van der Waals surface area contributed by atoms with Crippen molar-refractivity contribution in [2.45, 2.75) is 52.4 Å². The second kappa shape index (κ2) is 8.01. The van der Waals surface area contributed by atoms with Crippen molar-refractivity contribution in [3.63, 3.8) is 0 Å². The van der Waals surface area contributed by atoms with Crippen molar-refractivity contribution >= 4 is 11.7 Å². The Morgan fingerprint density at radius 2 is 2.05 bits per heavy atom. The molecule has 0 aromatic carbocycles. The number of nitrogens with one attached hydrogen (secondary N) is 2. The summed E-state index contributed by atoms with van der Waals surface area (Å²) in [4.78, 5) is 16.9. The molecule has 1 aromatic rings. The number of pyridine rings is 1. The second-order valence-corrected chi connectivity index (χ2v) is 5.87. The first kappa shape index (κ1) is 15.8. The quantitative estimate of drug-likeness (QED) is 0.809. The molecule has 0 radical (unpaired) electrons. The van der Waals surface area contributed by atoms with Gasteiger partial charge >= 0.3 is 0 Å². The van der Waals surface area contributed by atoms with Crippen LogP contribution < -0.4 is 10.6 Å². The molecule has 4 nitrogen and oxygen atoms in total. The van der Waals surface area contributed by atoms with E-state index in [4.69, 9.17) is 0 Å². The average Bonchev–Trinajstić information content (AvgIpc) is 2.98. The Kier molecular flexibility index (Phi) is 6.03. The molecular weight excluding hydrogens is 262 g/mol. The summed E-state index contributed by atoms with van der Waals surface area (Å²) in [6.07, 6.45) is 7.05. The Morgan fingerprint density at radius 1 is 1.29 bits per heavy atom. The van der Waals surface area contributed by atoms with Gasteiger partial charge in [0, 0.05) is 24.3 Å². The van der Waals surface area contributed by atoms with Crippen LogP contribution in [0.15, 0.2) is 12.1 Å². The van der Waals surface area contributed by atoms with Gasteiger partial charge in [0.2, 0.25) is 0 Å². The standard InChI is InChI=1S/C17H27N3O/c1-3-7-15-10-14(11-16(20-15)18-4-2)17(21)19-12-13-8-5-6-9-13/h10-11,13H,3-9,12H2,1-2H3,(H,18,20)(H,19,21). The van der Waals surface area contributed by atoms with E-state index in [-0.39, 0.29) is 5.91 Å². The zero-order valence-corrected chi connectivity index (χ0v) is 13.2. The number of anilines is 1. The fourth-order valence-electron chi connectivity index (χ4n) is 2.93. The van der Waals surface area contributed by atoms with E-state index >= 15 is 0 Å². The maximum absolute atomic E-state index is 12.3. The molecule has 2 N–H and O–H groups in total. The van der Waals surface area contributed by atoms with Crippen LogP contribution in [0.1, 0.15) is 62.0 Å². The molecule has 1 aliphatic rings. The summed E-state index contributed by atoms with van der Waals surface area (Å²) in [6.45, 7) is 5.78. The second-order valence-electron chi connectivity index (χ2n) is 5.87. The van der Waals surface area contributed by atoms with Gasteiger partial charge in [-0.25, -0.2) is 4.98 Å². The lowest BCUT2D eigenvalue weighted by molar-refractivity contribution is 0.0947. The van der Waals surface area contributed by atoms with Crippen molar-refractivity contribution in [1.82, 2.24) is 10.3 Å². The molecule has 1 fully saturated rings. The van der Waals surface area contributed by atoms with Crippen LogP contribution in [0.2, 0.25) is 0 Å². The third-order valence-electron chi connectivity index (χ3n) is 4.03. The number of hydrogen-bond donors (Lipinski definition) is 2. The highest BCUT2D eigenvalue weighted by Gasteiger charge is 2.16. The van der Waals surface area contributed by atoms with Gasteiger partial charge in [0.05, 0.1) is 0 Å². The molecule has 0 aliphatic heterocycles. The SMILES string of the molecule is CCCc1cc(C(=O)NCC2CCCC2)cc(NCC)n1. The van der Waals surface area contributed by atoms with Crippen LogP contribution in [0, 0.1) is 5.92 Å². The predicted molar refractivity (Wildman–Crippen MR) is 86.7 cm³/mol. The normalized spacial score (nSPS) is 15.1. The lowest BCUT2D eigenvalue weighted by atomic mass is 10.1. The Morgan fingerprint density at radius 3 is 2.71 bits per heavy atom. The number of rotatable bonds is 7. The largest absolute Gasteiger partial charge is 0.370 e. The van der Waals surface area contributed by atoms with Crippen molar-refractivity contribution in [2.75, 3.05) is 18.4 Å². The minimum absolute atomic E-state index is 0.0285. The summed E-state index contributed by atoms with van der Waals surface area (Å²) in [5.74, 6) is 1.49. The van der Waals surface area contributed by atoms with E-state index in [1.54, 1.807) is 0 Å². The van der Waals surface area contributed by atoms with Gasteiger partial charge in [0.1, 0.15) is 5.82 Å². The highest BCUT2D eigenvalue weighted by molar-refractivity contribution is 5.95. The zero-order valence-electron chi connectivity index (χ0n) is 13.2. The summed E-state index contributed by atoms with van der Waals surface area (Å²) in [7, 11) is 0. The van der Waals surface area contributed by atoms with Crippen LogP contribution >= 0.6 is 0 Å². The van der Waals surface area contributed by atoms with E-state index < -0.39 is 0 Å². The number of nitrogens with zero attached hydrogens (tertiary/aromatic N) is 1. The first-order chi connectivity index (χ1) is 10.2. The van der Waals surface area contributed by atoms with Gasteiger partial charge in [-0.15, -0.1) is 0 Å². The Bertz CT molecular complexity index is 443. The first-order valence-electron chi connectivity index (χ1n) is 8.26. The van der Waals surface area contributed by atoms with Gasteiger partial charge in [-0.2, -0.15) is 0 Å². The summed E-state index contributed by atoms with van der Waals surface area (Å²) < 4.78 is 0. The van der Waals surface area contributed by atoms with Crippen LogP contribution in [-0.4, -0.2) is 24.0 Å². The van der Waals surface area contributed by atoms with Gasteiger partial charge in [0.25, 0.3) is 5.91 Å². The molecule has 0 spiro atoms. The van der Waals surface area contributed by atoms with Crippen molar-refractivity contribution in [2.24, 2.45) is 5.92 Å². The van der Waals surface area contributed by atoms with Gasteiger partial charge in [-0.1, -0.05) is 26.2 Å². The highest BCUT2D eigenvalue weighted by atomic mass is 16.1. The lowest BCUT2D eigenvalue weighted by Crippen LogP contribution is -2.28. The fourth-order valence-corrected chi connectivity index (χ4v) is 2.93. The topological polar surface area (TPSA) is 54.0 Å². The molecule has 1 heterocycles. The molecule has 0 saturated heterocycles. The maximum atomic E-state index is 12.3. The molecule has 1 amide bonds. The van der Waals surface area contributed by atoms with Crippen molar-refractivity contribution in [1.29, 1.82) is 0 Å². The van der Waals surface area contributed by atoms with E-state index in [0.717, 1.165) is 43.0 Å². The van der Waals surface area contributed by atoms with E-state index in [9.17, 15) is 4.79 Å². The van der Waals surface area contributed by atoms with E-state index in [2.05, 4.69) is 22.5 Å². The maximum Gasteiger partial charge on any atom is 0.251 e. The Balaban J connectivity index is 2.03. The first-order valence-corrected chi connectivity index (χ1v) is 8.26. The lowest BCUT2D eigenvalue weighted by Gasteiger charge is -2.12. The molecule has 21 heavy (non-hydrogen) atoms. The molecule has 1 aliphatic carbocycles. The minimum Gasteiger partial charge on any atom is -0.370 e. The van der Waals surface area contributed by atoms with Crippen molar-refractivity contribution in [3.8, 4) is 0 Å². The number of amides is 1. The van der Waals surface area contributed by atoms with Crippen molar-refractivity contribution < 1.29 is 4.79 Å². The van der Waals surface area contributed by atoms with E-state index in [0.29, 0.717) is 5.92 Å². The number of carbonyl (C=O) groups excluding carboxylic acids is 1. The van der Waals surface area contributed by atoms with Gasteiger partial charge in [-0.3, -0.25) is 4.79 Å². The summed E-state index contributed by atoms with van der Waals surface area (Å²) in [6, 6.07) is 3.78. The molecule has 1 saturated carbocycles. The highest BCUT2D eigenvalue weighted by Crippen LogP contribution is 2.23. The molecule has 1 aromatic heterocycles. The molecule has 116 valence electrons. The minimum atomic E-state index is 0.0285. The van der Waals surface area contributed by atoms with Crippen molar-refractivity contribution in [3.05, 3.63) is 23.4 Å². The van der Waals surface area contributed by atoms with Crippen LogP contribution in [0.25, 0.3) is 0 Å². The fraction of sp³-hybridized carbons (Fsp3) is 0.647. The number of hydrogen-bond acceptors (Lipinski definition) is 3. The Hall–Kier alpha value is -1.58. The average molecular weight is 289 g/mol. The van der Waals surface area contributed by atoms with Crippen LogP contribution in [0.3, 0.4) is 0 Å². The molecule has 4 heteroatoms. The zero-order chi connectivity index (χ0) is 15.1. The third kappa shape index (κ3) is 4.73. The third-order valence-corrected chi connectivity index (χ3v) is 4.03. The monoisotopic (exact) mass is 289 g/mol. The number of carbonyl (C=O) groups is 1. The van der Waals surface area contributed by atoms with Crippen LogP contribution in [0.5, 0.6) is 0 Å². The summed E-state index contributed by atoms with van der Waals surface area (Å²) in [5.41, 5.74) is 1.71. The number of aryl methyl sites for hydroxylation is 1. The molecule has 2 rings (SSSR count). The van der Waals surface area contributed by atoms with Gasteiger partial charge < -0.3 is 10.6 Å². The van der Waals surface area contributed by atoms with E-state index in [1.807, 2.05) is 19.1 Å². The van der Waals surface area contributed by atoms with Gasteiger partial charge in [0.15, 0.2) is 0 Å². The van der Waals surface area contributed by atoms with E-state index in [1.165, 1.54) is 25.7 Å². The molecule has 0 bridgehead atoms. The predicted octanol–water partition coefficient (Wildman–Crippen LogP) is 3.39. The number of aromatic nitrogens is 1. The van der Waals surface area contributed by atoms with Gasteiger partial charge in [-0.05, 0) is 44.2 Å². The van der Waals surface area contributed by atoms with Crippen LogP contribution in [0.4, 0.5) is 5.82 Å². The smallest absolute Gasteiger partial charge is 0.251 e. The Labute approximate surface area is 127 Å². The van der Waals surface area contributed by atoms with Crippen LogP contribution in [-0.2, 0) is 6.42 Å².